The van der Waals surface area contributed by atoms with E-state index in [1.54, 1.807) is 22.9 Å². The van der Waals surface area contributed by atoms with Gasteiger partial charge in [0.05, 0.1) is 0 Å². The molecule has 0 aliphatic heterocycles. The highest BCUT2D eigenvalue weighted by atomic mass is 127. The van der Waals surface area contributed by atoms with Crippen molar-refractivity contribution in [3.05, 3.63) is 0 Å². The first-order valence-corrected chi connectivity index (χ1v) is 1.27. The number of rotatable bonds is 0. The number of halogens is 1. The third-order valence-electron chi connectivity index (χ3n) is 0. The minimum absolute atomic E-state index is 0. The molecule has 0 saturated carbocycles. The predicted molar refractivity (Wildman–Crippen MR) is 38.4 cm³/mol. The SMILES string of the molecule is C.C.C.[3H]NI. The van der Waals surface area contributed by atoms with Crippen molar-refractivity contribution in [1.29, 1.82) is 0 Å². The third kappa shape index (κ3) is 71.3. The van der Waals surface area contributed by atoms with Gasteiger partial charge in [0.1, 0.15) is 1.41 Å². The molecule has 0 unspecified atom stereocenters. The van der Waals surface area contributed by atoms with Gasteiger partial charge in [-0.15, -0.1) is 0 Å². The fourth-order valence-corrected chi connectivity index (χ4v) is 0. The molecule has 0 aromatic carbocycles. The largest absolute Gasteiger partial charge is 0.275 e. The highest BCUT2D eigenvalue weighted by Crippen LogP contribution is 1.31. The first-order chi connectivity index (χ1) is 1.41. The normalized spacial score (nSPS) is 3.80. The van der Waals surface area contributed by atoms with Crippen molar-refractivity contribution in [2.75, 3.05) is 0 Å². The van der Waals surface area contributed by atoms with Crippen LogP contribution < -0.4 is 3.94 Å². The third-order valence-corrected chi connectivity index (χ3v) is 0. The molecule has 0 fully saturated rings. The average Bonchev–Trinajstić information content (AvgIpc) is 0.918. The first-order valence-electron chi connectivity index (χ1n) is 0.689. The molecular weight excluding hydrogens is 177 g/mol. The van der Waals surface area contributed by atoms with E-state index in [4.69, 9.17) is 1.41 Å². The molecule has 1 nitrogen and oxygen atoms in total. The van der Waals surface area contributed by atoms with Gasteiger partial charge in [0.25, 0.3) is 0 Å². The standard InChI is InChI=1S/3CH4.H2IN/c;;;1-2/h3*1H4;2H2/i/hT. The van der Waals surface area contributed by atoms with Crippen molar-refractivity contribution in [2.45, 2.75) is 22.3 Å². The molecule has 2 heteroatoms. The van der Waals surface area contributed by atoms with E-state index in [9.17, 15) is 0 Å². The van der Waals surface area contributed by atoms with E-state index in [0.29, 0.717) is 0 Å². The minimum atomic E-state index is 0. The van der Waals surface area contributed by atoms with Crippen molar-refractivity contribution in [2.24, 2.45) is 3.94 Å². The van der Waals surface area contributed by atoms with E-state index in [0.717, 1.165) is 0 Å². The van der Waals surface area contributed by atoms with Gasteiger partial charge in [0, 0.05) is 22.9 Å². The Hall–Kier alpha value is 0.690. The number of nitrogens with two attached hydrogens (primary N) is 1. The molecule has 0 aliphatic carbocycles. The molecule has 38 valence electrons. The van der Waals surface area contributed by atoms with Crippen LogP contribution in [0.15, 0.2) is 0 Å². The zero-order valence-corrected chi connectivity index (χ0v) is 3.04. The Morgan fingerprint density at radius 2 is 1.40 bits per heavy atom. The summed E-state index contributed by atoms with van der Waals surface area (Å²) in [5.41, 5.74) is 0. The molecule has 0 rings (SSSR count). The second-order valence-corrected chi connectivity index (χ2v) is 0. The molecule has 0 spiro atoms. The smallest absolute Gasteiger partial charge is 0.131 e. The van der Waals surface area contributed by atoms with Gasteiger partial charge in [-0.2, -0.15) is 0 Å². The van der Waals surface area contributed by atoms with Crippen LogP contribution in [0.4, 0.5) is 0 Å². The Labute approximate surface area is 50.9 Å². The summed E-state index contributed by atoms with van der Waals surface area (Å²) in [6.07, 6.45) is 0. The lowest BCUT2D eigenvalue weighted by atomic mass is 12.0. The molecule has 0 atom stereocenters. The van der Waals surface area contributed by atoms with E-state index in [2.05, 4.69) is 0 Å². The second-order valence-electron chi connectivity index (χ2n) is 0. The maximum absolute atomic E-state index is 5.94. The summed E-state index contributed by atoms with van der Waals surface area (Å²) in [4.78, 5) is 0. The van der Waals surface area contributed by atoms with E-state index < -0.39 is 0 Å². The van der Waals surface area contributed by atoms with Crippen LogP contribution in [-0.2, 0) is 0 Å². The maximum Gasteiger partial charge on any atom is 0.131 e. The summed E-state index contributed by atoms with van der Waals surface area (Å²) in [7, 11) is 0. The summed E-state index contributed by atoms with van der Waals surface area (Å²) < 4.78 is 7.92. The molecule has 0 amide bonds. The Bertz CT molecular complexity index is 10.8. The Morgan fingerprint density at radius 1 is 1.40 bits per heavy atom. The number of hydrogen-bond acceptors (Lipinski definition) is 1. The lowest BCUT2D eigenvalue weighted by molar-refractivity contribution is 2.18. The summed E-state index contributed by atoms with van der Waals surface area (Å²) in [6, 6.07) is 0. The predicted octanol–water partition coefficient (Wildman–Crippen LogP) is 2.20. The topological polar surface area (TPSA) is 26.0 Å². The van der Waals surface area contributed by atoms with Crippen molar-refractivity contribution in [3.63, 3.8) is 0 Å². The minimum Gasteiger partial charge on any atom is -0.275 e. The lowest BCUT2D eigenvalue weighted by Gasteiger charge is -1.14. The summed E-state index contributed by atoms with van der Waals surface area (Å²) in [6.45, 7) is 0. The number of hydrogen-bond donors (Lipinski definition) is 1. The summed E-state index contributed by atoms with van der Waals surface area (Å²) >= 11 is 1.70. The zero-order chi connectivity index (χ0) is 2.71. The molecule has 0 heterocycles. The van der Waals surface area contributed by atoms with Crippen LogP contribution in [0.25, 0.3) is 0 Å². The fraction of sp³-hybridized carbons (Fsp3) is 1.00. The van der Waals surface area contributed by atoms with Gasteiger partial charge in [-0.05, 0) is 0 Å². The lowest BCUT2D eigenvalue weighted by Crippen LogP contribution is -1.45. The van der Waals surface area contributed by atoms with Crippen molar-refractivity contribution in [3.8, 4) is 0 Å². The van der Waals surface area contributed by atoms with E-state index in [1.165, 1.54) is 0 Å². The van der Waals surface area contributed by atoms with Gasteiger partial charge in [0.15, 0.2) is 0 Å². The van der Waals surface area contributed by atoms with Gasteiger partial charge >= 0.3 is 0 Å². The van der Waals surface area contributed by atoms with Crippen LogP contribution in [0.1, 0.15) is 22.3 Å². The van der Waals surface area contributed by atoms with E-state index >= 15 is 0 Å². The highest BCUT2D eigenvalue weighted by Gasteiger charge is 0.880. The Morgan fingerprint density at radius 3 is 1.40 bits per heavy atom. The molecule has 0 radical (unpaired) electrons. The second kappa shape index (κ2) is 134. The van der Waals surface area contributed by atoms with Crippen molar-refractivity contribution < 1.29 is 1.41 Å². The molecule has 0 aromatic rings. The van der Waals surface area contributed by atoms with Gasteiger partial charge < -0.3 is 0 Å². The van der Waals surface area contributed by atoms with Crippen LogP contribution in [0.5, 0.6) is 0 Å². The first kappa shape index (κ1) is 17.3. The fourth-order valence-electron chi connectivity index (χ4n) is 0. The van der Waals surface area contributed by atoms with Gasteiger partial charge in [-0.3, -0.25) is 3.94 Å². The zero-order valence-electron chi connectivity index (χ0n) is 1.88. The summed E-state index contributed by atoms with van der Waals surface area (Å²) in [5.74, 6) is 0. The van der Waals surface area contributed by atoms with Crippen LogP contribution in [0, 0.1) is 0 Å². The Balaban J connectivity index is -0.00000000667. The van der Waals surface area contributed by atoms with Crippen LogP contribution in [0.3, 0.4) is 0 Å². The molecule has 5 heavy (non-hydrogen) atoms. The monoisotopic (exact) mass is 193 g/mol. The molecule has 0 aromatic heterocycles. The molecule has 0 aliphatic rings. The summed E-state index contributed by atoms with van der Waals surface area (Å²) in [5, 5.41) is 0. The maximum atomic E-state index is 5.94. The molecule has 0 saturated heterocycles. The van der Waals surface area contributed by atoms with Crippen molar-refractivity contribution in [1.82, 2.24) is 0 Å². The molecule has 0 bridgehead atoms. The van der Waals surface area contributed by atoms with Crippen LogP contribution >= 0.6 is 22.9 Å². The van der Waals surface area contributed by atoms with E-state index in [-0.39, 0.29) is 22.3 Å². The quantitative estimate of drug-likeness (QED) is 0.463. The average molecular weight is 193 g/mol. The Kier molecular flexibility index (Phi) is 464. The van der Waals surface area contributed by atoms with E-state index in [1.807, 2.05) is 3.94 Å². The van der Waals surface area contributed by atoms with Crippen LogP contribution in [-0.4, -0.2) is 0 Å². The highest BCUT2D eigenvalue weighted by molar-refractivity contribution is 14.1. The van der Waals surface area contributed by atoms with Gasteiger partial charge in [0.2, 0.25) is 0 Å². The molecular formula is C3H14IN. The van der Waals surface area contributed by atoms with Gasteiger partial charge in [-0.1, -0.05) is 22.3 Å². The van der Waals surface area contributed by atoms with Crippen LogP contribution in [0.2, 0.25) is 1.41 Å². The van der Waals surface area contributed by atoms with Crippen molar-refractivity contribution >= 4 is 22.9 Å². The molecule has 2 N–H and O–H groups in total. The van der Waals surface area contributed by atoms with Gasteiger partial charge in [-0.25, -0.2) is 0 Å².